The lowest BCUT2D eigenvalue weighted by Crippen LogP contribution is -2.47. The molecule has 0 bridgehead atoms. The van der Waals surface area contributed by atoms with Gasteiger partial charge < -0.3 is 9.80 Å². The molecule has 0 N–H and O–H groups in total. The fourth-order valence-electron chi connectivity index (χ4n) is 1.55. The molecule has 106 valence electrons. The summed E-state index contributed by atoms with van der Waals surface area (Å²) in [6, 6.07) is -0.614. The highest BCUT2D eigenvalue weighted by Gasteiger charge is 2.29. The van der Waals surface area contributed by atoms with Crippen molar-refractivity contribution in [2.45, 2.75) is 26.3 Å². The lowest BCUT2D eigenvalue weighted by atomic mass is 10.0. The molecule has 0 fully saturated rings. The molecule has 6 heteroatoms. The molecule has 0 aliphatic rings. The van der Waals surface area contributed by atoms with Gasteiger partial charge in [-0.1, -0.05) is 13.8 Å². The SMILES string of the molecule is COOC(=O)[C@H](CC(C)C)N(C)C(=O)CN(C)C. The summed E-state index contributed by atoms with van der Waals surface area (Å²) in [7, 11) is 6.48. The van der Waals surface area contributed by atoms with E-state index in [-0.39, 0.29) is 18.4 Å². The van der Waals surface area contributed by atoms with Crippen LogP contribution in [-0.2, 0) is 19.4 Å². The van der Waals surface area contributed by atoms with E-state index in [0.29, 0.717) is 6.42 Å². The Morgan fingerprint density at radius 2 is 1.72 bits per heavy atom. The predicted molar refractivity (Wildman–Crippen MR) is 67.7 cm³/mol. The largest absolute Gasteiger partial charge is 0.364 e. The van der Waals surface area contributed by atoms with Gasteiger partial charge in [0.05, 0.1) is 13.7 Å². The van der Waals surface area contributed by atoms with Crippen LogP contribution in [0.4, 0.5) is 0 Å². The fraction of sp³-hybridized carbons (Fsp3) is 0.833. The monoisotopic (exact) mass is 260 g/mol. The van der Waals surface area contributed by atoms with Gasteiger partial charge in [0.25, 0.3) is 0 Å². The van der Waals surface area contributed by atoms with E-state index >= 15 is 0 Å². The van der Waals surface area contributed by atoms with Crippen molar-refractivity contribution in [3.63, 3.8) is 0 Å². The first kappa shape index (κ1) is 16.9. The molecule has 0 spiro atoms. The highest BCUT2D eigenvalue weighted by Crippen LogP contribution is 2.12. The fourth-order valence-corrected chi connectivity index (χ4v) is 1.55. The first-order valence-electron chi connectivity index (χ1n) is 5.94. The lowest BCUT2D eigenvalue weighted by Gasteiger charge is -2.28. The molecule has 1 amide bonds. The number of rotatable bonds is 7. The molecule has 0 radical (unpaired) electrons. The lowest BCUT2D eigenvalue weighted by molar-refractivity contribution is -0.259. The van der Waals surface area contributed by atoms with E-state index in [9.17, 15) is 9.59 Å². The average molecular weight is 260 g/mol. The van der Waals surface area contributed by atoms with Gasteiger partial charge in [-0.25, -0.2) is 4.79 Å². The van der Waals surface area contributed by atoms with Gasteiger partial charge in [-0.3, -0.25) is 9.68 Å². The van der Waals surface area contributed by atoms with Crippen molar-refractivity contribution < 1.29 is 19.4 Å². The quantitative estimate of drug-likeness (QED) is 0.493. The Morgan fingerprint density at radius 3 is 2.11 bits per heavy atom. The maximum Gasteiger partial charge on any atom is 0.364 e. The van der Waals surface area contributed by atoms with Crippen molar-refractivity contribution in [1.82, 2.24) is 9.80 Å². The van der Waals surface area contributed by atoms with E-state index in [2.05, 4.69) is 9.78 Å². The van der Waals surface area contributed by atoms with Crippen LogP contribution in [0.1, 0.15) is 20.3 Å². The van der Waals surface area contributed by atoms with Gasteiger partial charge in [0.1, 0.15) is 6.04 Å². The summed E-state index contributed by atoms with van der Waals surface area (Å²) < 4.78 is 0. The van der Waals surface area contributed by atoms with Crippen molar-refractivity contribution in [2.75, 3.05) is 34.8 Å². The second-order valence-electron chi connectivity index (χ2n) is 4.96. The van der Waals surface area contributed by atoms with Gasteiger partial charge >= 0.3 is 5.97 Å². The molecule has 0 aliphatic heterocycles. The van der Waals surface area contributed by atoms with Gasteiger partial charge in [-0.05, 0) is 26.4 Å². The van der Waals surface area contributed by atoms with Gasteiger partial charge in [0, 0.05) is 7.05 Å². The molecule has 0 aromatic rings. The molecule has 0 saturated carbocycles. The number of likely N-dealkylation sites (N-methyl/N-ethyl adjacent to an activating group) is 2. The number of hydrogen-bond donors (Lipinski definition) is 0. The van der Waals surface area contributed by atoms with Crippen LogP contribution >= 0.6 is 0 Å². The zero-order valence-electron chi connectivity index (χ0n) is 12.1. The summed E-state index contributed by atoms with van der Waals surface area (Å²) in [6.07, 6.45) is 0.540. The van der Waals surface area contributed by atoms with E-state index in [0.717, 1.165) is 0 Å². The first-order chi connectivity index (χ1) is 8.29. The molecule has 0 saturated heterocycles. The minimum atomic E-state index is -0.614. The number of amides is 1. The van der Waals surface area contributed by atoms with E-state index in [1.165, 1.54) is 12.0 Å². The molecular formula is C12H24N2O4. The van der Waals surface area contributed by atoms with Crippen molar-refractivity contribution in [2.24, 2.45) is 5.92 Å². The topological polar surface area (TPSA) is 59.1 Å². The minimum absolute atomic E-state index is 0.126. The molecule has 0 aliphatic carbocycles. The van der Waals surface area contributed by atoms with E-state index in [1.54, 1.807) is 26.0 Å². The van der Waals surface area contributed by atoms with E-state index in [1.807, 2.05) is 13.8 Å². The highest BCUT2D eigenvalue weighted by molar-refractivity contribution is 5.85. The van der Waals surface area contributed by atoms with Crippen molar-refractivity contribution in [3.8, 4) is 0 Å². The smallest absolute Gasteiger partial charge is 0.331 e. The Kier molecular flexibility index (Phi) is 7.54. The van der Waals surface area contributed by atoms with Gasteiger partial charge in [0.2, 0.25) is 5.91 Å². The molecule has 6 nitrogen and oxygen atoms in total. The molecule has 0 aromatic carbocycles. The van der Waals surface area contributed by atoms with Crippen LogP contribution in [0.3, 0.4) is 0 Å². The maximum atomic E-state index is 11.9. The van der Waals surface area contributed by atoms with Crippen LogP contribution in [0.2, 0.25) is 0 Å². The summed E-state index contributed by atoms with van der Waals surface area (Å²) in [5.74, 6) is -0.395. The molecule has 1 atom stereocenters. The van der Waals surface area contributed by atoms with Crippen molar-refractivity contribution in [3.05, 3.63) is 0 Å². The third-order valence-corrected chi connectivity index (χ3v) is 2.44. The molecular weight excluding hydrogens is 236 g/mol. The van der Waals surface area contributed by atoms with Gasteiger partial charge in [-0.15, -0.1) is 0 Å². The summed E-state index contributed by atoms with van der Waals surface area (Å²) in [5, 5.41) is 0. The van der Waals surface area contributed by atoms with Crippen LogP contribution in [0.15, 0.2) is 0 Å². The Hall–Kier alpha value is -1.14. The second kappa shape index (κ2) is 8.05. The summed E-state index contributed by atoms with van der Waals surface area (Å²) in [6.45, 7) is 4.22. The first-order valence-corrected chi connectivity index (χ1v) is 5.94. The normalized spacial score (nSPS) is 12.7. The highest BCUT2D eigenvalue weighted by atomic mass is 17.2. The number of carbonyl (C=O) groups is 2. The van der Waals surface area contributed by atoms with Crippen molar-refractivity contribution >= 4 is 11.9 Å². The summed E-state index contributed by atoms with van der Waals surface area (Å²) in [4.78, 5) is 35.8. The predicted octanol–water partition coefficient (Wildman–Crippen LogP) is 0.526. The molecule has 0 rings (SSSR count). The number of nitrogens with zero attached hydrogens (tertiary/aromatic N) is 2. The standard InChI is InChI=1S/C12H24N2O4/c1-9(2)7-10(12(16)18-17-6)14(5)11(15)8-13(3)4/h9-10H,7-8H2,1-6H3/t10-/m0/s1. The summed E-state index contributed by atoms with van der Waals surface area (Å²) >= 11 is 0. The van der Waals surface area contributed by atoms with Gasteiger partial charge in [0.15, 0.2) is 0 Å². The Bertz CT molecular complexity index is 279. The third-order valence-electron chi connectivity index (χ3n) is 2.44. The second-order valence-corrected chi connectivity index (χ2v) is 4.96. The van der Waals surface area contributed by atoms with Gasteiger partial charge in [-0.2, -0.15) is 4.89 Å². The van der Waals surface area contributed by atoms with Crippen molar-refractivity contribution in [1.29, 1.82) is 0 Å². The molecule has 18 heavy (non-hydrogen) atoms. The van der Waals surface area contributed by atoms with Crippen LogP contribution in [0.25, 0.3) is 0 Å². The van der Waals surface area contributed by atoms with Crippen LogP contribution in [0.5, 0.6) is 0 Å². The van der Waals surface area contributed by atoms with E-state index < -0.39 is 12.0 Å². The Labute approximate surface area is 109 Å². The van der Waals surface area contributed by atoms with Crippen LogP contribution in [0, 0.1) is 5.92 Å². The Morgan fingerprint density at radius 1 is 1.17 bits per heavy atom. The minimum Gasteiger partial charge on any atom is -0.331 e. The van der Waals surface area contributed by atoms with Crippen LogP contribution in [-0.4, -0.2) is 62.5 Å². The number of hydrogen-bond acceptors (Lipinski definition) is 5. The Balaban J connectivity index is 4.72. The zero-order chi connectivity index (χ0) is 14.3. The zero-order valence-corrected chi connectivity index (χ0v) is 12.1. The molecule has 0 heterocycles. The summed E-state index contributed by atoms with van der Waals surface area (Å²) in [5.41, 5.74) is 0. The molecule has 0 aromatic heterocycles. The molecule has 0 unspecified atom stereocenters. The average Bonchev–Trinajstić information content (AvgIpc) is 2.23. The number of carbonyl (C=O) groups excluding carboxylic acids is 2. The maximum absolute atomic E-state index is 11.9. The van der Waals surface area contributed by atoms with E-state index in [4.69, 9.17) is 0 Å². The third kappa shape index (κ3) is 5.97. The van der Waals surface area contributed by atoms with Crippen LogP contribution < -0.4 is 0 Å².